The van der Waals surface area contributed by atoms with E-state index < -0.39 is 11.6 Å². The monoisotopic (exact) mass is 242 g/mol. The molecule has 0 bridgehead atoms. The summed E-state index contributed by atoms with van der Waals surface area (Å²) < 4.78 is 26.1. The number of nitrogens with one attached hydrogen (secondary N) is 2. The number of hydrogen-bond acceptors (Lipinski definition) is 2. The molecule has 1 rings (SSSR count). The number of rotatable bonds is 5. The van der Waals surface area contributed by atoms with Gasteiger partial charge in [0.2, 0.25) is 5.91 Å². The van der Waals surface area contributed by atoms with Gasteiger partial charge in [0.25, 0.3) is 0 Å². The van der Waals surface area contributed by atoms with Gasteiger partial charge >= 0.3 is 0 Å². The molecule has 0 fully saturated rings. The predicted molar refractivity (Wildman–Crippen MR) is 64.1 cm³/mol. The Bertz CT molecular complexity index is 408. The van der Waals surface area contributed by atoms with Gasteiger partial charge in [-0.1, -0.05) is 13.3 Å². The molecule has 0 spiro atoms. The van der Waals surface area contributed by atoms with E-state index in [0.717, 1.165) is 25.0 Å². The Morgan fingerprint density at radius 3 is 2.35 bits per heavy atom. The van der Waals surface area contributed by atoms with Crippen LogP contribution in [0, 0.1) is 11.6 Å². The fourth-order valence-electron chi connectivity index (χ4n) is 1.39. The Kier molecular flexibility index (Phi) is 4.87. The first-order valence-corrected chi connectivity index (χ1v) is 5.55. The molecular formula is C12H16F2N2O. The van der Waals surface area contributed by atoms with Gasteiger partial charge in [-0.3, -0.25) is 4.79 Å². The highest BCUT2D eigenvalue weighted by Crippen LogP contribution is 2.25. The average Bonchev–Trinajstić information content (AvgIpc) is 2.24. The molecule has 94 valence electrons. The standard InChI is InChI=1S/C12H16F2N2O/c1-3-4-5-15-11-6-9(13)10(14)7-12(11)16-8(2)17/h6-7,15H,3-5H2,1-2H3,(H,16,17). The van der Waals surface area contributed by atoms with Crippen molar-refractivity contribution in [3.8, 4) is 0 Å². The Morgan fingerprint density at radius 1 is 1.24 bits per heavy atom. The number of anilines is 2. The van der Waals surface area contributed by atoms with Crippen LogP contribution in [0.2, 0.25) is 0 Å². The van der Waals surface area contributed by atoms with Crippen LogP contribution in [0.3, 0.4) is 0 Å². The van der Waals surface area contributed by atoms with Crippen molar-refractivity contribution < 1.29 is 13.6 Å². The molecule has 0 atom stereocenters. The second-order valence-electron chi connectivity index (χ2n) is 3.77. The lowest BCUT2D eigenvalue weighted by atomic mass is 10.2. The second kappa shape index (κ2) is 6.18. The van der Waals surface area contributed by atoms with Gasteiger partial charge in [-0.05, 0) is 6.42 Å². The fraction of sp³-hybridized carbons (Fsp3) is 0.417. The van der Waals surface area contributed by atoms with Gasteiger partial charge in [0, 0.05) is 25.6 Å². The normalized spacial score (nSPS) is 10.1. The molecule has 0 heterocycles. The lowest BCUT2D eigenvalue weighted by Gasteiger charge is -2.12. The van der Waals surface area contributed by atoms with Crippen molar-refractivity contribution in [3.63, 3.8) is 0 Å². The predicted octanol–water partition coefficient (Wildman–Crippen LogP) is 3.14. The van der Waals surface area contributed by atoms with Crippen molar-refractivity contribution >= 4 is 17.3 Å². The molecule has 0 aromatic heterocycles. The number of hydrogen-bond donors (Lipinski definition) is 2. The highest BCUT2D eigenvalue weighted by molar-refractivity contribution is 5.92. The Morgan fingerprint density at radius 2 is 1.82 bits per heavy atom. The quantitative estimate of drug-likeness (QED) is 0.779. The Labute approximate surface area is 99.2 Å². The Hall–Kier alpha value is -1.65. The topological polar surface area (TPSA) is 41.1 Å². The third-order valence-electron chi connectivity index (χ3n) is 2.22. The van der Waals surface area contributed by atoms with Crippen LogP contribution in [-0.4, -0.2) is 12.5 Å². The molecule has 5 heteroatoms. The molecule has 0 aliphatic carbocycles. The van der Waals surface area contributed by atoms with E-state index in [2.05, 4.69) is 10.6 Å². The second-order valence-corrected chi connectivity index (χ2v) is 3.77. The molecule has 0 saturated carbocycles. The number of halogens is 2. The summed E-state index contributed by atoms with van der Waals surface area (Å²) in [6.07, 6.45) is 1.91. The van der Waals surface area contributed by atoms with Crippen LogP contribution in [0.5, 0.6) is 0 Å². The van der Waals surface area contributed by atoms with Gasteiger partial charge in [-0.15, -0.1) is 0 Å². The van der Waals surface area contributed by atoms with Crippen LogP contribution >= 0.6 is 0 Å². The van der Waals surface area contributed by atoms with Gasteiger partial charge in [-0.25, -0.2) is 8.78 Å². The zero-order valence-electron chi connectivity index (χ0n) is 9.94. The average molecular weight is 242 g/mol. The van der Waals surface area contributed by atoms with Gasteiger partial charge in [0.1, 0.15) is 0 Å². The number of benzene rings is 1. The van der Waals surface area contributed by atoms with E-state index in [0.29, 0.717) is 12.2 Å². The molecule has 0 saturated heterocycles. The third-order valence-corrected chi connectivity index (χ3v) is 2.22. The molecule has 1 aromatic carbocycles. The molecule has 0 radical (unpaired) electrons. The summed E-state index contributed by atoms with van der Waals surface area (Å²) in [5.41, 5.74) is 0.653. The maximum absolute atomic E-state index is 13.1. The molecule has 0 aliphatic heterocycles. The minimum atomic E-state index is -0.977. The molecule has 3 nitrogen and oxygen atoms in total. The van der Waals surface area contributed by atoms with Gasteiger partial charge in [0.15, 0.2) is 11.6 Å². The lowest BCUT2D eigenvalue weighted by Crippen LogP contribution is -2.11. The third kappa shape index (κ3) is 4.01. The summed E-state index contributed by atoms with van der Waals surface area (Å²) in [5, 5.41) is 5.43. The van der Waals surface area contributed by atoms with E-state index in [1.807, 2.05) is 6.92 Å². The molecular weight excluding hydrogens is 226 g/mol. The van der Waals surface area contributed by atoms with Gasteiger partial charge in [0.05, 0.1) is 11.4 Å². The number of carbonyl (C=O) groups excluding carboxylic acids is 1. The first-order valence-electron chi connectivity index (χ1n) is 5.55. The van der Waals surface area contributed by atoms with Crippen LogP contribution < -0.4 is 10.6 Å². The van der Waals surface area contributed by atoms with Crippen molar-refractivity contribution in [2.45, 2.75) is 26.7 Å². The summed E-state index contributed by atoms with van der Waals surface area (Å²) in [7, 11) is 0. The summed E-state index contributed by atoms with van der Waals surface area (Å²) in [6.45, 7) is 3.99. The van der Waals surface area contributed by atoms with Crippen LogP contribution in [-0.2, 0) is 4.79 Å². The van der Waals surface area contributed by atoms with E-state index in [-0.39, 0.29) is 11.6 Å². The number of amides is 1. The van der Waals surface area contributed by atoms with E-state index in [4.69, 9.17) is 0 Å². The highest BCUT2D eigenvalue weighted by Gasteiger charge is 2.10. The largest absolute Gasteiger partial charge is 0.383 e. The zero-order valence-corrected chi connectivity index (χ0v) is 9.94. The van der Waals surface area contributed by atoms with E-state index in [9.17, 15) is 13.6 Å². The van der Waals surface area contributed by atoms with Crippen molar-refractivity contribution in [3.05, 3.63) is 23.8 Å². The zero-order chi connectivity index (χ0) is 12.8. The van der Waals surface area contributed by atoms with Crippen molar-refractivity contribution in [2.75, 3.05) is 17.2 Å². The van der Waals surface area contributed by atoms with Gasteiger partial charge < -0.3 is 10.6 Å². The fourth-order valence-corrected chi connectivity index (χ4v) is 1.39. The summed E-state index contributed by atoms with van der Waals surface area (Å²) >= 11 is 0. The lowest BCUT2D eigenvalue weighted by molar-refractivity contribution is -0.114. The molecule has 0 unspecified atom stereocenters. The molecule has 1 aromatic rings. The summed E-state index contributed by atoms with van der Waals surface area (Å²) in [4.78, 5) is 10.9. The summed E-state index contributed by atoms with van der Waals surface area (Å²) in [5.74, 6) is -2.23. The first-order chi connectivity index (χ1) is 8.04. The van der Waals surface area contributed by atoms with Crippen molar-refractivity contribution in [1.82, 2.24) is 0 Å². The minimum absolute atomic E-state index is 0.257. The molecule has 1 amide bonds. The molecule has 2 N–H and O–H groups in total. The Balaban J connectivity index is 2.90. The SMILES string of the molecule is CCCCNc1cc(F)c(F)cc1NC(C)=O. The van der Waals surface area contributed by atoms with Crippen LogP contribution in [0.1, 0.15) is 26.7 Å². The minimum Gasteiger partial charge on any atom is -0.383 e. The van der Waals surface area contributed by atoms with Crippen LogP contribution in [0.25, 0.3) is 0 Å². The number of carbonyl (C=O) groups is 1. The van der Waals surface area contributed by atoms with E-state index in [1.165, 1.54) is 6.92 Å². The highest BCUT2D eigenvalue weighted by atomic mass is 19.2. The van der Waals surface area contributed by atoms with E-state index >= 15 is 0 Å². The molecule has 17 heavy (non-hydrogen) atoms. The van der Waals surface area contributed by atoms with Crippen molar-refractivity contribution in [1.29, 1.82) is 0 Å². The maximum Gasteiger partial charge on any atom is 0.221 e. The molecule has 0 aliphatic rings. The van der Waals surface area contributed by atoms with Crippen molar-refractivity contribution in [2.24, 2.45) is 0 Å². The van der Waals surface area contributed by atoms with Crippen LogP contribution in [0.4, 0.5) is 20.2 Å². The van der Waals surface area contributed by atoms with E-state index in [1.54, 1.807) is 0 Å². The maximum atomic E-state index is 13.1. The van der Waals surface area contributed by atoms with Gasteiger partial charge in [-0.2, -0.15) is 0 Å². The number of unbranched alkanes of at least 4 members (excludes halogenated alkanes) is 1. The summed E-state index contributed by atoms with van der Waals surface area (Å²) in [6, 6.07) is 2.03. The first kappa shape index (κ1) is 13.4. The smallest absolute Gasteiger partial charge is 0.221 e. The van der Waals surface area contributed by atoms with Crippen LogP contribution in [0.15, 0.2) is 12.1 Å².